The molecule has 0 atom stereocenters. The lowest BCUT2D eigenvalue weighted by Gasteiger charge is -2.22. The van der Waals surface area contributed by atoms with Crippen LogP contribution in [0.15, 0.2) is 24.3 Å². The fraction of sp³-hybridized carbons (Fsp3) is 0.696. The number of hydrogen-bond donors (Lipinski definition) is 0. The molecule has 0 aromatic heterocycles. The number of rotatable bonds is 12. The minimum atomic E-state index is -0.0424. The molecule has 26 heavy (non-hydrogen) atoms. The molecule has 0 amide bonds. The summed E-state index contributed by atoms with van der Waals surface area (Å²) in [5, 5.41) is 0. The zero-order valence-electron chi connectivity index (χ0n) is 17.1. The van der Waals surface area contributed by atoms with Gasteiger partial charge >= 0.3 is 5.97 Å². The minimum absolute atomic E-state index is 0.0424. The molecule has 0 aliphatic carbocycles. The van der Waals surface area contributed by atoms with Gasteiger partial charge in [0, 0.05) is 30.6 Å². The average molecular weight is 360 g/mol. The van der Waals surface area contributed by atoms with Crippen molar-refractivity contribution in [2.75, 3.05) is 24.6 Å². The van der Waals surface area contributed by atoms with Gasteiger partial charge in [0.2, 0.25) is 0 Å². The molecule has 1 heterocycles. The highest BCUT2D eigenvalue weighted by molar-refractivity contribution is 5.69. The summed E-state index contributed by atoms with van der Waals surface area (Å²) in [7, 11) is 0. The predicted molar refractivity (Wildman–Crippen MR) is 110 cm³/mol. The number of ether oxygens (including phenoxy) is 1. The van der Waals surface area contributed by atoms with Gasteiger partial charge in [0.15, 0.2) is 0 Å². The number of carbonyl (C=O) groups excluding carboxylic acids is 1. The van der Waals surface area contributed by atoms with Crippen molar-refractivity contribution >= 4 is 11.7 Å². The largest absolute Gasteiger partial charge is 0.466 e. The molecule has 1 aliphatic rings. The first-order chi connectivity index (χ1) is 12.5. The maximum atomic E-state index is 11.3. The molecular weight excluding hydrogens is 322 g/mol. The first-order valence-electron chi connectivity index (χ1n) is 10.5. The highest BCUT2D eigenvalue weighted by atomic mass is 16.5. The van der Waals surface area contributed by atoms with Crippen molar-refractivity contribution < 1.29 is 9.53 Å². The number of benzene rings is 1. The maximum Gasteiger partial charge on any atom is 0.305 e. The Morgan fingerprint density at radius 1 is 1.00 bits per heavy atom. The van der Waals surface area contributed by atoms with Crippen LogP contribution in [0.3, 0.4) is 0 Å². The van der Waals surface area contributed by atoms with Crippen LogP contribution < -0.4 is 4.90 Å². The quantitative estimate of drug-likeness (QED) is 0.346. The van der Waals surface area contributed by atoms with Crippen molar-refractivity contribution in [2.45, 2.75) is 84.0 Å². The van der Waals surface area contributed by atoms with E-state index in [0.29, 0.717) is 13.0 Å². The topological polar surface area (TPSA) is 29.5 Å². The van der Waals surface area contributed by atoms with Crippen LogP contribution in [0.5, 0.6) is 0 Å². The van der Waals surface area contributed by atoms with E-state index in [9.17, 15) is 4.79 Å². The van der Waals surface area contributed by atoms with Crippen LogP contribution >= 0.6 is 0 Å². The number of unbranched alkanes of at least 4 members (excludes halogenated alkanes) is 7. The number of para-hydroxylation sites is 1. The molecule has 0 saturated carbocycles. The molecule has 2 rings (SSSR count). The Bertz CT molecular complexity index is 553. The van der Waals surface area contributed by atoms with E-state index in [0.717, 1.165) is 19.4 Å². The molecule has 1 aromatic rings. The summed E-state index contributed by atoms with van der Waals surface area (Å²) in [6.07, 6.45) is 10.5. The van der Waals surface area contributed by atoms with Gasteiger partial charge in [-0.2, -0.15) is 0 Å². The van der Waals surface area contributed by atoms with E-state index in [2.05, 4.69) is 43.0 Å². The highest BCUT2D eigenvalue weighted by Crippen LogP contribution is 2.40. The molecule has 146 valence electrons. The van der Waals surface area contributed by atoms with Crippen molar-refractivity contribution in [3.05, 3.63) is 29.8 Å². The molecule has 3 heteroatoms. The van der Waals surface area contributed by atoms with Crippen molar-refractivity contribution in [3.8, 4) is 0 Å². The van der Waals surface area contributed by atoms with E-state index in [1.165, 1.54) is 56.3 Å². The molecule has 0 N–H and O–H groups in total. The van der Waals surface area contributed by atoms with Gasteiger partial charge in [0.25, 0.3) is 0 Å². The van der Waals surface area contributed by atoms with E-state index >= 15 is 0 Å². The number of hydrogen-bond acceptors (Lipinski definition) is 3. The van der Waals surface area contributed by atoms with Gasteiger partial charge in [-0.3, -0.25) is 4.79 Å². The Labute approximate surface area is 160 Å². The minimum Gasteiger partial charge on any atom is -0.466 e. The van der Waals surface area contributed by atoms with Crippen LogP contribution in [-0.4, -0.2) is 25.7 Å². The van der Waals surface area contributed by atoms with Crippen molar-refractivity contribution in [2.24, 2.45) is 0 Å². The van der Waals surface area contributed by atoms with Gasteiger partial charge in [-0.05, 0) is 31.4 Å². The van der Waals surface area contributed by atoms with E-state index in [-0.39, 0.29) is 11.4 Å². The van der Waals surface area contributed by atoms with Crippen LogP contribution in [0.1, 0.15) is 84.1 Å². The molecule has 0 unspecified atom stereocenters. The van der Waals surface area contributed by atoms with Gasteiger partial charge < -0.3 is 9.64 Å². The lowest BCUT2D eigenvalue weighted by molar-refractivity contribution is -0.143. The second kappa shape index (κ2) is 10.6. The Hall–Kier alpha value is -1.51. The van der Waals surface area contributed by atoms with E-state index in [1.54, 1.807) is 0 Å². The normalized spacial score (nSPS) is 15.1. The number of carbonyl (C=O) groups is 1. The van der Waals surface area contributed by atoms with Crippen LogP contribution in [0.4, 0.5) is 5.69 Å². The van der Waals surface area contributed by atoms with Crippen molar-refractivity contribution in [1.29, 1.82) is 0 Å². The summed E-state index contributed by atoms with van der Waals surface area (Å²) in [6, 6.07) is 8.89. The van der Waals surface area contributed by atoms with Crippen LogP contribution in [0.2, 0.25) is 0 Å². The molecule has 0 saturated heterocycles. The number of esters is 1. The molecule has 1 aliphatic heterocycles. The third-order valence-electron chi connectivity index (χ3n) is 5.42. The molecule has 0 spiro atoms. The molecule has 3 nitrogen and oxygen atoms in total. The second-order valence-electron chi connectivity index (χ2n) is 8.21. The average Bonchev–Trinajstić information content (AvgIpc) is 2.88. The summed E-state index contributed by atoms with van der Waals surface area (Å²) in [6.45, 7) is 9.40. The predicted octanol–water partition coefficient (Wildman–Crippen LogP) is 5.86. The summed E-state index contributed by atoms with van der Waals surface area (Å²) >= 11 is 0. The first-order valence-corrected chi connectivity index (χ1v) is 10.5. The SMILES string of the molecule is CCOC(=O)CCCCCCCCCCN1CC(C)(C)c2ccccc21. The van der Waals surface area contributed by atoms with E-state index in [4.69, 9.17) is 4.74 Å². The zero-order valence-corrected chi connectivity index (χ0v) is 17.1. The Balaban J connectivity index is 1.50. The highest BCUT2D eigenvalue weighted by Gasteiger charge is 2.33. The number of anilines is 1. The molecule has 0 fully saturated rings. The fourth-order valence-electron chi connectivity index (χ4n) is 4.03. The number of nitrogens with zero attached hydrogens (tertiary/aromatic N) is 1. The van der Waals surface area contributed by atoms with Gasteiger partial charge in [0.05, 0.1) is 6.61 Å². The molecule has 1 aromatic carbocycles. The van der Waals surface area contributed by atoms with Crippen LogP contribution in [-0.2, 0) is 14.9 Å². The van der Waals surface area contributed by atoms with Gasteiger partial charge in [-0.25, -0.2) is 0 Å². The zero-order chi connectivity index (χ0) is 18.8. The molecular formula is C23H37NO2. The van der Waals surface area contributed by atoms with Gasteiger partial charge in [-0.1, -0.05) is 70.6 Å². The standard InChI is InChI=1S/C23H37NO2/c1-4-26-22(25)17-11-9-7-5-6-8-10-14-18-24-19-23(2,3)20-15-12-13-16-21(20)24/h12-13,15-16H,4-11,14,17-19H2,1-3H3. The Morgan fingerprint density at radius 3 is 2.31 bits per heavy atom. The van der Waals surface area contributed by atoms with E-state index in [1.807, 2.05) is 6.92 Å². The summed E-state index contributed by atoms with van der Waals surface area (Å²) in [5.74, 6) is -0.0424. The van der Waals surface area contributed by atoms with Gasteiger partial charge in [-0.15, -0.1) is 0 Å². The summed E-state index contributed by atoms with van der Waals surface area (Å²) < 4.78 is 4.95. The molecule has 0 bridgehead atoms. The lowest BCUT2D eigenvalue weighted by atomic mass is 9.87. The van der Waals surface area contributed by atoms with Crippen molar-refractivity contribution in [3.63, 3.8) is 0 Å². The van der Waals surface area contributed by atoms with Crippen molar-refractivity contribution in [1.82, 2.24) is 0 Å². The Morgan fingerprint density at radius 2 is 1.62 bits per heavy atom. The van der Waals surface area contributed by atoms with Crippen LogP contribution in [0.25, 0.3) is 0 Å². The second-order valence-corrected chi connectivity index (χ2v) is 8.21. The maximum absolute atomic E-state index is 11.3. The third kappa shape index (κ3) is 6.34. The smallest absolute Gasteiger partial charge is 0.305 e. The first kappa shape index (κ1) is 20.8. The Kier molecular flexibility index (Phi) is 8.47. The monoisotopic (exact) mass is 359 g/mol. The third-order valence-corrected chi connectivity index (χ3v) is 5.42. The lowest BCUT2D eigenvalue weighted by Crippen LogP contribution is -2.29. The fourth-order valence-corrected chi connectivity index (χ4v) is 4.03. The summed E-state index contributed by atoms with van der Waals surface area (Å²) in [4.78, 5) is 13.8. The summed E-state index contributed by atoms with van der Waals surface area (Å²) in [5.41, 5.74) is 3.22. The van der Waals surface area contributed by atoms with Crippen LogP contribution in [0, 0.1) is 0 Å². The number of fused-ring (bicyclic) bond motifs is 1. The van der Waals surface area contributed by atoms with Gasteiger partial charge in [0.1, 0.15) is 0 Å². The molecule has 0 radical (unpaired) electrons. The van der Waals surface area contributed by atoms with E-state index < -0.39 is 0 Å².